The van der Waals surface area contributed by atoms with Crippen LogP contribution in [0, 0.1) is 11.3 Å². The van der Waals surface area contributed by atoms with Crippen LogP contribution in [-0.2, 0) is 0 Å². The lowest BCUT2D eigenvalue weighted by Crippen LogP contribution is -2.64. The highest BCUT2D eigenvalue weighted by Crippen LogP contribution is 2.40. The number of hydrogen-bond donors (Lipinski definition) is 0. The molecule has 1 amide bonds. The third-order valence-corrected chi connectivity index (χ3v) is 4.64. The summed E-state index contributed by atoms with van der Waals surface area (Å²) in [7, 11) is 0. The first kappa shape index (κ1) is 13.1. The zero-order chi connectivity index (χ0) is 14.3. The quantitative estimate of drug-likeness (QED) is 0.773. The number of aromatic nitrogens is 2. The standard InChI is InChI=1S/C14H19N5O/c1-11(2)17-6-3-14(10-17)4-7-19(14)13(20)18-8-5-16-12(18)9-15/h5,8,11H,3-4,6-7,10H2,1-2H3. The van der Waals surface area contributed by atoms with Gasteiger partial charge in [-0.15, -0.1) is 0 Å². The van der Waals surface area contributed by atoms with E-state index in [0.29, 0.717) is 6.04 Å². The van der Waals surface area contributed by atoms with Gasteiger partial charge in [0.25, 0.3) is 0 Å². The SMILES string of the molecule is CC(C)N1CCC2(CCN2C(=O)n2ccnc2C#N)C1. The van der Waals surface area contributed by atoms with E-state index in [4.69, 9.17) is 5.26 Å². The van der Waals surface area contributed by atoms with Crippen LogP contribution in [0.2, 0.25) is 0 Å². The van der Waals surface area contributed by atoms with Crippen molar-refractivity contribution in [2.45, 2.75) is 38.3 Å². The van der Waals surface area contributed by atoms with Crippen molar-refractivity contribution in [3.8, 4) is 6.07 Å². The summed E-state index contributed by atoms with van der Waals surface area (Å²) in [5.74, 6) is 0.163. The van der Waals surface area contributed by atoms with Gasteiger partial charge in [-0.3, -0.25) is 4.90 Å². The van der Waals surface area contributed by atoms with Gasteiger partial charge in [-0.1, -0.05) is 0 Å². The molecule has 2 aliphatic heterocycles. The summed E-state index contributed by atoms with van der Waals surface area (Å²) in [6.45, 7) is 7.12. The molecule has 6 heteroatoms. The molecule has 2 fully saturated rings. The van der Waals surface area contributed by atoms with Crippen molar-refractivity contribution < 1.29 is 4.79 Å². The number of imidazole rings is 1. The summed E-state index contributed by atoms with van der Waals surface area (Å²) in [5, 5.41) is 8.99. The molecule has 1 aromatic heterocycles. The number of hydrogen-bond acceptors (Lipinski definition) is 4. The highest BCUT2D eigenvalue weighted by Gasteiger charge is 2.52. The minimum Gasteiger partial charge on any atom is -0.317 e. The van der Waals surface area contributed by atoms with Crippen molar-refractivity contribution in [3.63, 3.8) is 0 Å². The van der Waals surface area contributed by atoms with Crippen molar-refractivity contribution in [2.75, 3.05) is 19.6 Å². The molecule has 1 atom stereocenters. The lowest BCUT2D eigenvalue weighted by molar-refractivity contribution is 0.0287. The van der Waals surface area contributed by atoms with E-state index in [-0.39, 0.29) is 17.4 Å². The molecule has 3 rings (SSSR count). The first-order valence-electron chi connectivity index (χ1n) is 7.07. The molecule has 0 aromatic carbocycles. The minimum absolute atomic E-state index is 0.0294. The number of likely N-dealkylation sites (tertiary alicyclic amines) is 2. The van der Waals surface area contributed by atoms with E-state index in [1.807, 2.05) is 11.0 Å². The van der Waals surface area contributed by atoms with Crippen molar-refractivity contribution >= 4 is 6.03 Å². The van der Waals surface area contributed by atoms with E-state index >= 15 is 0 Å². The van der Waals surface area contributed by atoms with Crippen LogP contribution in [0.5, 0.6) is 0 Å². The van der Waals surface area contributed by atoms with Crippen molar-refractivity contribution in [1.82, 2.24) is 19.4 Å². The average Bonchev–Trinajstić information content (AvgIpc) is 3.05. The Labute approximate surface area is 118 Å². The van der Waals surface area contributed by atoms with Gasteiger partial charge in [0.2, 0.25) is 5.82 Å². The van der Waals surface area contributed by atoms with Gasteiger partial charge in [0, 0.05) is 38.1 Å². The predicted molar refractivity (Wildman–Crippen MR) is 73.1 cm³/mol. The van der Waals surface area contributed by atoms with Gasteiger partial charge in [0.15, 0.2) is 0 Å². The van der Waals surface area contributed by atoms with Crippen LogP contribution in [0.15, 0.2) is 12.4 Å². The molecule has 106 valence electrons. The fraction of sp³-hybridized carbons (Fsp3) is 0.643. The van der Waals surface area contributed by atoms with E-state index in [1.165, 1.54) is 10.8 Å². The second-order valence-corrected chi connectivity index (χ2v) is 5.96. The molecule has 0 radical (unpaired) electrons. The van der Waals surface area contributed by atoms with Crippen molar-refractivity contribution in [3.05, 3.63) is 18.2 Å². The molecular weight excluding hydrogens is 254 g/mol. The highest BCUT2D eigenvalue weighted by atomic mass is 16.2. The van der Waals surface area contributed by atoms with Gasteiger partial charge in [-0.2, -0.15) is 5.26 Å². The fourth-order valence-corrected chi connectivity index (χ4v) is 3.26. The van der Waals surface area contributed by atoms with Crippen LogP contribution in [0.3, 0.4) is 0 Å². The molecule has 1 spiro atoms. The number of carbonyl (C=O) groups is 1. The Morgan fingerprint density at radius 3 is 2.75 bits per heavy atom. The predicted octanol–water partition coefficient (Wildman–Crippen LogP) is 1.28. The lowest BCUT2D eigenvalue weighted by atomic mass is 9.84. The number of rotatable bonds is 1. The topological polar surface area (TPSA) is 65.2 Å². The summed E-state index contributed by atoms with van der Waals surface area (Å²) in [6, 6.07) is 2.35. The molecule has 0 aliphatic carbocycles. The summed E-state index contributed by atoms with van der Waals surface area (Å²) in [6.07, 6.45) is 5.14. The molecule has 0 bridgehead atoms. The van der Waals surface area contributed by atoms with Gasteiger partial charge in [0.1, 0.15) is 6.07 Å². The average molecular weight is 273 g/mol. The third kappa shape index (κ3) is 1.81. The smallest absolute Gasteiger partial charge is 0.317 e. The Bertz CT molecular complexity index is 572. The summed E-state index contributed by atoms with van der Waals surface area (Å²) < 4.78 is 1.36. The molecule has 6 nitrogen and oxygen atoms in total. The Kier molecular flexibility index (Phi) is 3.02. The number of nitrogens with zero attached hydrogens (tertiary/aromatic N) is 5. The lowest BCUT2D eigenvalue weighted by Gasteiger charge is -2.50. The molecule has 0 N–H and O–H groups in total. The van der Waals surface area contributed by atoms with Crippen molar-refractivity contribution in [1.29, 1.82) is 5.26 Å². The van der Waals surface area contributed by atoms with Gasteiger partial charge in [-0.05, 0) is 26.7 Å². The molecule has 3 heterocycles. The van der Waals surface area contributed by atoms with Gasteiger partial charge in [-0.25, -0.2) is 14.3 Å². The minimum atomic E-state index is -0.115. The van der Waals surface area contributed by atoms with E-state index in [0.717, 1.165) is 32.5 Å². The first-order chi connectivity index (χ1) is 9.57. The zero-order valence-corrected chi connectivity index (χ0v) is 11.9. The van der Waals surface area contributed by atoms with Crippen LogP contribution in [0.4, 0.5) is 4.79 Å². The molecule has 1 aromatic rings. The normalized spacial score (nSPS) is 26.0. The monoisotopic (exact) mass is 273 g/mol. The maximum atomic E-state index is 12.6. The van der Waals surface area contributed by atoms with Crippen LogP contribution in [0.1, 0.15) is 32.5 Å². The molecule has 0 saturated carbocycles. The molecule has 2 aliphatic rings. The number of amides is 1. The van der Waals surface area contributed by atoms with E-state index in [1.54, 1.807) is 6.20 Å². The number of nitriles is 1. The Morgan fingerprint density at radius 2 is 2.20 bits per heavy atom. The fourth-order valence-electron chi connectivity index (χ4n) is 3.26. The maximum absolute atomic E-state index is 12.6. The molecule has 20 heavy (non-hydrogen) atoms. The molecule has 1 unspecified atom stereocenters. The van der Waals surface area contributed by atoms with E-state index < -0.39 is 0 Å². The third-order valence-electron chi connectivity index (χ3n) is 4.64. The van der Waals surface area contributed by atoms with Gasteiger partial charge in [0.05, 0.1) is 5.54 Å². The van der Waals surface area contributed by atoms with E-state index in [9.17, 15) is 4.79 Å². The van der Waals surface area contributed by atoms with Gasteiger partial charge < -0.3 is 4.90 Å². The summed E-state index contributed by atoms with van der Waals surface area (Å²) in [5.41, 5.74) is -0.0294. The summed E-state index contributed by atoms with van der Waals surface area (Å²) >= 11 is 0. The van der Waals surface area contributed by atoms with Crippen LogP contribution >= 0.6 is 0 Å². The van der Waals surface area contributed by atoms with Crippen LogP contribution in [-0.4, -0.2) is 56.6 Å². The second kappa shape index (κ2) is 4.60. The largest absolute Gasteiger partial charge is 0.330 e. The Hall–Kier alpha value is -1.87. The molecule has 2 saturated heterocycles. The zero-order valence-electron chi connectivity index (χ0n) is 11.9. The molecular formula is C14H19N5O. The van der Waals surface area contributed by atoms with Crippen LogP contribution in [0.25, 0.3) is 0 Å². The van der Waals surface area contributed by atoms with Crippen molar-refractivity contribution in [2.24, 2.45) is 0 Å². The summed E-state index contributed by atoms with van der Waals surface area (Å²) in [4.78, 5) is 20.8. The Balaban J connectivity index is 1.79. The van der Waals surface area contributed by atoms with E-state index in [2.05, 4.69) is 23.7 Å². The van der Waals surface area contributed by atoms with Gasteiger partial charge >= 0.3 is 6.03 Å². The number of carbonyl (C=O) groups excluding carboxylic acids is 1. The maximum Gasteiger partial charge on any atom is 0.330 e. The first-order valence-corrected chi connectivity index (χ1v) is 7.07. The Morgan fingerprint density at radius 1 is 1.45 bits per heavy atom. The van der Waals surface area contributed by atoms with Crippen LogP contribution < -0.4 is 0 Å². The highest BCUT2D eigenvalue weighted by molar-refractivity contribution is 5.80. The second-order valence-electron chi connectivity index (χ2n) is 5.96.